The summed E-state index contributed by atoms with van der Waals surface area (Å²) >= 11 is 0. The SMILES string of the molecule is CNC(CO)C(=O)N(C)OC.CNC(CO)C(=O)O. The average molecular weight is 281 g/mol. The number of hydroxylamine groups is 2. The molecule has 9 heteroatoms. The first kappa shape index (κ1) is 20.1. The molecule has 0 aliphatic rings. The number of hydrogen-bond donors (Lipinski definition) is 5. The number of nitrogens with zero attached hydrogens (tertiary/aromatic N) is 1. The van der Waals surface area contributed by atoms with Crippen LogP contribution in [0.4, 0.5) is 0 Å². The van der Waals surface area contributed by atoms with E-state index in [0.717, 1.165) is 5.06 Å². The van der Waals surface area contributed by atoms with Gasteiger partial charge in [-0.1, -0.05) is 0 Å². The molecule has 0 radical (unpaired) electrons. The Balaban J connectivity index is 0. The van der Waals surface area contributed by atoms with Gasteiger partial charge >= 0.3 is 5.97 Å². The van der Waals surface area contributed by atoms with Crippen LogP contribution in [0.5, 0.6) is 0 Å². The van der Waals surface area contributed by atoms with Crippen molar-refractivity contribution in [2.45, 2.75) is 12.1 Å². The molecule has 0 aliphatic heterocycles. The van der Waals surface area contributed by atoms with E-state index in [1.807, 2.05) is 0 Å². The molecule has 5 N–H and O–H groups in total. The van der Waals surface area contributed by atoms with Gasteiger partial charge in [-0.2, -0.15) is 0 Å². The lowest BCUT2D eigenvalue weighted by molar-refractivity contribution is -0.171. The molecule has 9 nitrogen and oxygen atoms in total. The highest BCUT2D eigenvalue weighted by atomic mass is 16.7. The third-order valence-electron chi connectivity index (χ3n) is 2.24. The third kappa shape index (κ3) is 8.46. The monoisotopic (exact) mass is 281 g/mol. The van der Waals surface area contributed by atoms with Gasteiger partial charge in [0.15, 0.2) is 0 Å². The van der Waals surface area contributed by atoms with Crippen molar-refractivity contribution in [3.05, 3.63) is 0 Å². The lowest BCUT2D eigenvalue weighted by atomic mass is 10.3. The van der Waals surface area contributed by atoms with Crippen LogP contribution in [0.1, 0.15) is 0 Å². The maximum Gasteiger partial charge on any atom is 0.323 e. The van der Waals surface area contributed by atoms with Gasteiger partial charge in [-0.15, -0.1) is 0 Å². The van der Waals surface area contributed by atoms with Gasteiger partial charge in [0.25, 0.3) is 5.91 Å². The second-order valence-electron chi connectivity index (χ2n) is 3.40. The molecule has 0 saturated carbocycles. The van der Waals surface area contributed by atoms with Crippen molar-refractivity contribution in [3.8, 4) is 0 Å². The molecular formula is C10H23N3O6. The largest absolute Gasteiger partial charge is 0.480 e. The highest BCUT2D eigenvalue weighted by molar-refractivity contribution is 5.80. The number of amides is 1. The van der Waals surface area contributed by atoms with Crippen molar-refractivity contribution in [2.75, 3.05) is 41.5 Å². The second-order valence-corrected chi connectivity index (χ2v) is 3.40. The summed E-state index contributed by atoms with van der Waals surface area (Å²) in [5, 5.41) is 31.2. The number of carboxylic acid groups (broad SMARTS) is 1. The lowest BCUT2D eigenvalue weighted by Crippen LogP contribution is -2.45. The van der Waals surface area contributed by atoms with Crippen LogP contribution >= 0.6 is 0 Å². The molecule has 114 valence electrons. The van der Waals surface area contributed by atoms with Crippen LogP contribution in [-0.2, 0) is 14.4 Å². The number of carbonyl (C=O) groups excluding carboxylic acids is 1. The van der Waals surface area contributed by atoms with Crippen molar-refractivity contribution in [2.24, 2.45) is 0 Å². The Kier molecular flexibility index (Phi) is 12.5. The van der Waals surface area contributed by atoms with E-state index < -0.39 is 18.1 Å². The van der Waals surface area contributed by atoms with Crippen LogP contribution in [0.25, 0.3) is 0 Å². The molecule has 2 unspecified atom stereocenters. The Morgan fingerprint density at radius 1 is 1.16 bits per heavy atom. The molecule has 0 fully saturated rings. The predicted molar refractivity (Wildman–Crippen MR) is 67.3 cm³/mol. The van der Waals surface area contributed by atoms with Crippen molar-refractivity contribution in [1.29, 1.82) is 0 Å². The van der Waals surface area contributed by atoms with E-state index in [1.54, 1.807) is 7.05 Å². The third-order valence-corrected chi connectivity index (χ3v) is 2.24. The van der Waals surface area contributed by atoms with Crippen LogP contribution in [0.2, 0.25) is 0 Å². The van der Waals surface area contributed by atoms with Gasteiger partial charge in [0.05, 0.1) is 20.3 Å². The van der Waals surface area contributed by atoms with E-state index in [-0.39, 0.29) is 19.1 Å². The number of rotatable bonds is 7. The van der Waals surface area contributed by atoms with E-state index in [2.05, 4.69) is 15.5 Å². The van der Waals surface area contributed by atoms with Crippen LogP contribution in [0, 0.1) is 0 Å². The first-order chi connectivity index (χ1) is 8.89. The number of carboxylic acids is 1. The van der Waals surface area contributed by atoms with Gasteiger partial charge in [0, 0.05) is 7.05 Å². The molecule has 0 saturated heterocycles. The number of aliphatic hydroxyl groups is 2. The fourth-order valence-electron chi connectivity index (χ4n) is 0.895. The minimum atomic E-state index is -1.03. The maximum atomic E-state index is 11.1. The summed E-state index contributed by atoms with van der Waals surface area (Å²) in [6.45, 7) is -0.602. The summed E-state index contributed by atoms with van der Waals surface area (Å²) in [6.07, 6.45) is 0. The molecule has 19 heavy (non-hydrogen) atoms. The molecule has 0 aromatic rings. The lowest BCUT2D eigenvalue weighted by Gasteiger charge is -2.19. The quantitative estimate of drug-likeness (QED) is 0.317. The molecule has 2 atom stereocenters. The standard InChI is InChI=1S/C6H14N2O3.C4H9NO3/c1-7-5(4-9)6(10)8(2)11-3;1-5-3(2-6)4(7)8/h5,7,9H,4H2,1-3H3;3,5-6H,2H2,1H3,(H,7,8). The minimum Gasteiger partial charge on any atom is -0.480 e. The summed E-state index contributed by atoms with van der Waals surface area (Å²) < 4.78 is 0. The molecular weight excluding hydrogens is 258 g/mol. The van der Waals surface area contributed by atoms with Gasteiger partial charge in [-0.3, -0.25) is 14.4 Å². The molecule has 0 aliphatic carbocycles. The normalized spacial score (nSPS) is 12.9. The zero-order valence-corrected chi connectivity index (χ0v) is 11.6. The van der Waals surface area contributed by atoms with Gasteiger partial charge in [-0.05, 0) is 14.1 Å². The van der Waals surface area contributed by atoms with E-state index in [1.165, 1.54) is 21.2 Å². The first-order valence-corrected chi connectivity index (χ1v) is 5.50. The Morgan fingerprint density at radius 3 is 1.74 bits per heavy atom. The van der Waals surface area contributed by atoms with E-state index in [9.17, 15) is 9.59 Å². The summed E-state index contributed by atoms with van der Waals surface area (Å²) in [4.78, 5) is 25.7. The van der Waals surface area contributed by atoms with Gasteiger partial charge in [0.1, 0.15) is 12.1 Å². The Labute approximate surface area is 112 Å². The highest BCUT2D eigenvalue weighted by Gasteiger charge is 2.18. The summed E-state index contributed by atoms with van der Waals surface area (Å²) in [7, 11) is 5.96. The van der Waals surface area contributed by atoms with Crippen LogP contribution in [-0.4, -0.2) is 85.8 Å². The number of aliphatic hydroxyl groups excluding tert-OH is 2. The van der Waals surface area contributed by atoms with Gasteiger partial charge < -0.3 is 26.0 Å². The topological polar surface area (TPSA) is 131 Å². The van der Waals surface area contributed by atoms with Crippen molar-refractivity contribution >= 4 is 11.9 Å². The van der Waals surface area contributed by atoms with Gasteiger partial charge in [0.2, 0.25) is 0 Å². The van der Waals surface area contributed by atoms with E-state index in [4.69, 9.17) is 15.3 Å². The number of aliphatic carboxylic acids is 1. The van der Waals surface area contributed by atoms with Crippen LogP contribution in [0.3, 0.4) is 0 Å². The first-order valence-electron chi connectivity index (χ1n) is 5.50. The van der Waals surface area contributed by atoms with Crippen molar-refractivity contribution < 1.29 is 29.7 Å². The number of carbonyl (C=O) groups is 2. The zero-order chi connectivity index (χ0) is 15.4. The molecule has 0 bridgehead atoms. The fraction of sp³-hybridized carbons (Fsp3) is 0.800. The number of nitrogens with one attached hydrogen (secondary N) is 2. The van der Waals surface area contributed by atoms with Crippen molar-refractivity contribution in [3.63, 3.8) is 0 Å². The van der Waals surface area contributed by atoms with Crippen molar-refractivity contribution in [1.82, 2.24) is 15.7 Å². The molecule has 0 heterocycles. The minimum absolute atomic E-state index is 0.233. The second kappa shape index (κ2) is 11.8. The van der Waals surface area contributed by atoms with E-state index in [0.29, 0.717) is 0 Å². The molecule has 0 aromatic carbocycles. The Bertz CT molecular complexity index is 256. The highest BCUT2D eigenvalue weighted by Crippen LogP contribution is 1.90. The van der Waals surface area contributed by atoms with Crippen LogP contribution in [0.15, 0.2) is 0 Å². The molecule has 0 rings (SSSR count). The number of hydrogen-bond acceptors (Lipinski definition) is 7. The molecule has 0 spiro atoms. The average Bonchev–Trinajstić information content (AvgIpc) is 2.40. The number of likely N-dealkylation sites (N-methyl/N-ethyl adjacent to an activating group) is 3. The molecule has 0 aromatic heterocycles. The molecule has 1 amide bonds. The summed E-state index contributed by atoms with van der Waals surface area (Å²) in [5.74, 6) is -1.33. The maximum absolute atomic E-state index is 11.1. The Morgan fingerprint density at radius 2 is 1.58 bits per heavy atom. The van der Waals surface area contributed by atoms with Crippen LogP contribution < -0.4 is 10.6 Å². The fourth-order valence-corrected chi connectivity index (χ4v) is 0.895. The van der Waals surface area contributed by atoms with Gasteiger partial charge in [-0.25, -0.2) is 5.06 Å². The Hall–Kier alpha value is -1.26. The summed E-state index contributed by atoms with van der Waals surface area (Å²) in [6, 6.07) is -1.41. The summed E-state index contributed by atoms with van der Waals surface area (Å²) in [5.41, 5.74) is 0. The van der Waals surface area contributed by atoms with E-state index >= 15 is 0 Å². The zero-order valence-electron chi connectivity index (χ0n) is 11.6. The predicted octanol–water partition coefficient (Wildman–Crippen LogP) is -2.76. The smallest absolute Gasteiger partial charge is 0.323 e.